The first-order chi connectivity index (χ1) is 8.40. The molecule has 0 saturated heterocycles. The van der Waals surface area contributed by atoms with Gasteiger partial charge >= 0.3 is 5.97 Å². The molecule has 0 bridgehead atoms. The van der Waals surface area contributed by atoms with E-state index in [0.717, 1.165) is 0 Å². The molecule has 0 spiro atoms. The average Bonchev–Trinajstić information content (AvgIpc) is 2.37. The number of ether oxygens (including phenoxy) is 1. The molecule has 0 fully saturated rings. The van der Waals surface area contributed by atoms with Crippen molar-refractivity contribution in [2.45, 2.75) is 17.9 Å². The lowest BCUT2D eigenvalue weighted by atomic mass is 10.2. The molecule has 1 atom stereocenters. The maximum Gasteiger partial charge on any atom is 0.337 e. The van der Waals surface area contributed by atoms with E-state index in [4.69, 9.17) is 5.73 Å². The summed E-state index contributed by atoms with van der Waals surface area (Å²) in [5.41, 5.74) is 5.54. The molecule has 100 valence electrons. The van der Waals surface area contributed by atoms with E-state index in [1.54, 1.807) is 6.92 Å². The Bertz CT molecular complexity index is 528. The second-order valence-corrected chi connectivity index (χ2v) is 5.49. The number of sulfonamides is 1. The van der Waals surface area contributed by atoms with E-state index < -0.39 is 16.0 Å². The van der Waals surface area contributed by atoms with E-state index in [-0.39, 0.29) is 23.0 Å². The summed E-state index contributed by atoms with van der Waals surface area (Å²) in [5.74, 6) is -0.584. The maximum atomic E-state index is 11.9. The Morgan fingerprint density at radius 2 is 2.17 bits per heavy atom. The highest BCUT2D eigenvalue weighted by atomic mass is 32.2. The van der Waals surface area contributed by atoms with Crippen molar-refractivity contribution in [2.24, 2.45) is 5.73 Å². The molecule has 18 heavy (non-hydrogen) atoms. The van der Waals surface area contributed by atoms with Crippen molar-refractivity contribution >= 4 is 16.0 Å². The van der Waals surface area contributed by atoms with Gasteiger partial charge in [0.15, 0.2) is 0 Å². The monoisotopic (exact) mass is 272 g/mol. The van der Waals surface area contributed by atoms with Crippen LogP contribution in [0.4, 0.5) is 0 Å². The lowest BCUT2D eigenvalue weighted by Gasteiger charge is -2.12. The summed E-state index contributed by atoms with van der Waals surface area (Å²) in [6.45, 7) is 1.84. The number of carbonyl (C=O) groups excluding carboxylic acids is 1. The standard InChI is InChI=1S/C11H16N2O4S/c1-8(7-12)13-18(15,16)10-5-3-4-9(6-10)11(14)17-2/h3-6,8,13H,7,12H2,1-2H3. The molecular formula is C11H16N2O4S. The van der Waals surface area contributed by atoms with E-state index in [1.807, 2.05) is 0 Å². The van der Waals surface area contributed by atoms with Gasteiger partial charge in [0.1, 0.15) is 0 Å². The first-order valence-corrected chi connectivity index (χ1v) is 6.80. The number of nitrogens with two attached hydrogens (primary N) is 1. The quantitative estimate of drug-likeness (QED) is 0.741. The summed E-state index contributed by atoms with van der Waals surface area (Å²) >= 11 is 0. The minimum Gasteiger partial charge on any atom is -0.465 e. The molecule has 1 unspecified atom stereocenters. The van der Waals surface area contributed by atoms with Crippen LogP contribution in [-0.4, -0.2) is 34.1 Å². The molecule has 0 amide bonds. The molecule has 0 aliphatic rings. The second-order valence-electron chi connectivity index (χ2n) is 3.78. The molecule has 0 aromatic heterocycles. The summed E-state index contributed by atoms with van der Waals surface area (Å²) in [7, 11) is -2.44. The van der Waals surface area contributed by atoms with Gasteiger partial charge in [0.25, 0.3) is 0 Å². The molecule has 0 radical (unpaired) electrons. The Balaban J connectivity index is 3.06. The fourth-order valence-corrected chi connectivity index (χ4v) is 2.59. The van der Waals surface area contributed by atoms with Gasteiger partial charge in [-0.2, -0.15) is 0 Å². The van der Waals surface area contributed by atoms with Gasteiger partial charge in [-0.1, -0.05) is 6.07 Å². The zero-order chi connectivity index (χ0) is 13.8. The number of benzene rings is 1. The fourth-order valence-electron chi connectivity index (χ4n) is 1.29. The summed E-state index contributed by atoms with van der Waals surface area (Å²) in [4.78, 5) is 11.3. The molecular weight excluding hydrogens is 256 g/mol. The Morgan fingerprint density at radius 3 is 2.72 bits per heavy atom. The molecule has 1 aromatic rings. The highest BCUT2D eigenvalue weighted by molar-refractivity contribution is 7.89. The number of methoxy groups -OCH3 is 1. The minimum atomic E-state index is -3.67. The predicted molar refractivity (Wildman–Crippen MR) is 66.6 cm³/mol. The van der Waals surface area contributed by atoms with Crippen LogP contribution < -0.4 is 10.5 Å². The summed E-state index contributed by atoms with van der Waals surface area (Å²) in [5, 5.41) is 0. The van der Waals surface area contributed by atoms with Crippen LogP contribution in [0, 0.1) is 0 Å². The molecule has 0 saturated carbocycles. The van der Waals surface area contributed by atoms with Crippen LogP contribution in [0.25, 0.3) is 0 Å². The van der Waals surface area contributed by atoms with E-state index in [1.165, 1.54) is 31.4 Å². The Kier molecular flexibility index (Phi) is 4.83. The molecule has 3 N–H and O–H groups in total. The van der Waals surface area contributed by atoms with Gasteiger partial charge in [0, 0.05) is 12.6 Å². The van der Waals surface area contributed by atoms with Crippen LogP contribution >= 0.6 is 0 Å². The Hall–Kier alpha value is -1.44. The lowest BCUT2D eigenvalue weighted by molar-refractivity contribution is 0.0600. The van der Waals surface area contributed by atoms with Crippen LogP contribution in [0.3, 0.4) is 0 Å². The largest absolute Gasteiger partial charge is 0.465 e. The molecule has 7 heteroatoms. The first kappa shape index (κ1) is 14.6. The lowest BCUT2D eigenvalue weighted by Crippen LogP contribution is -2.37. The first-order valence-electron chi connectivity index (χ1n) is 5.31. The van der Waals surface area contributed by atoms with Crippen LogP contribution in [0.1, 0.15) is 17.3 Å². The molecule has 0 heterocycles. The molecule has 1 rings (SSSR count). The third kappa shape index (κ3) is 3.52. The van der Waals surface area contributed by atoms with Crippen molar-refractivity contribution in [3.05, 3.63) is 29.8 Å². The second kappa shape index (κ2) is 5.94. The van der Waals surface area contributed by atoms with Gasteiger partial charge in [-0.3, -0.25) is 0 Å². The van der Waals surface area contributed by atoms with Crippen LogP contribution in [-0.2, 0) is 14.8 Å². The van der Waals surface area contributed by atoms with E-state index >= 15 is 0 Å². The number of carbonyl (C=O) groups is 1. The van der Waals surface area contributed by atoms with E-state index in [0.29, 0.717) is 0 Å². The van der Waals surface area contributed by atoms with Crippen molar-refractivity contribution in [1.29, 1.82) is 0 Å². The van der Waals surface area contributed by atoms with E-state index in [9.17, 15) is 13.2 Å². The Morgan fingerprint density at radius 1 is 1.50 bits per heavy atom. The zero-order valence-electron chi connectivity index (χ0n) is 10.2. The topological polar surface area (TPSA) is 98.5 Å². The van der Waals surface area contributed by atoms with Gasteiger partial charge in [0.2, 0.25) is 10.0 Å². The third-order valence-electron chi connectivity index (χ3n) is 2.28. The number of hydrogen-bond donors (Lipinski definition) is 2. The average molecular weight is 272 g/mol. The number of rotatable bonds is 5. The van der Waals surface area contributed by atoms with Gasteiger partial charge in [-0.05, 0) is 25.1 Å². The SMILES string of the molecule is COC(=O)c1cccc(S(=O)(=O)NC(C)CN)c1. The minimum absolute atomic E-state index is 0.00528. The van der Waals surface area contributed by atoms with Crippen LogP contribution in [0.2, 0.25) is 0 Å². The zero-order valence-corrected chi connectivity index (χ0v) is 11.0. The fraction of sp³-hybridized carbons (Fsp3) is 0.364. The highest BCUT2D eigenvalue weighted by Crippen LogP contribution is 2.12. The van der Waals surface area contributed by atoms with Gasteiger partial charge in [-0.25, -0.2) is 17.9 Å². The van der Waals surface area contributed by atoms with Crippen LogP contribution in [0.5, 0.6) is 0 Å². The van der Waals surface area contributed by atoms with Gasteiger partial charge in [-0.15, -0.1) is 0 Å². The predicted octanol–water partition coefficient (Wildman–Crippen LogP) is 0.0987. The Labute approximate surface area is 106 Å². The van der Waals surface area contributed by atoms with Crippen molar-refractivity contribution in [2.75, 3.05) is 13.7 Å². The molecule has 0 aliphatic carbocycles. The van der Waals surface area contributed by atoms with Crippen LogP contribution in [0.15, 0.2) is 29.2 Å². The number of hydrogen-bond acceptors (Lipinski definition) is 5. The van der Waals surface area contributed by atoms with Gasteiger partial charge in [0.05, 0.1) is 17.6 Å². The van der Waals surface area contributed by atoms with E-state index in [2.05, 4.69) is 9.46 Å². The molecule has 0 aliphatic heterocycles. The summed E-state index contributed by atoms with van der Waals surface area (Å²) < 4.78 is 30.8. The smallest absolute Gasteiger partial charge is 0.337 e. The normalized spacial score (nSPS) is 13.1. The maximum absolute atomic E-state index is 11.9. The molecule has 6 nitrogen and oxygen atoms in total. The summed E-state index contributed by atoms with van der Waals surface area (Å²) in [6, 6.07) is 5.25. The van der Waals surface area contributed by atoms with Crippen molar-refractivity contribution in [3.63, 3.8) is 0 Å². The summed E-state index contributed by atoms with van der Waals surface area (Å²) in [6.07, 6.45) is 0. The third-order valence-corrected chi connectivity index (χ3v) is 3.86. The van der Waals surface area contributed by atoms with Crippen molar-refractivity contribution < 1.29 is 17.9 Å². The molecule has 1 aromatic carbocycles. The van der Waals surface area contributed by atoms with Gasteiger partial charge < -0.3 is 10.5 Å². The number of esters is 1. The van der Waals surface area contributed by atoms with Crippen molar-refractivity contribution in [3.8, 4) is 0 Å². The number of nitrogens with one attached hydrogen (secondary N) is 1. The van der Waals surface area contributed by atoms with Crippen molar-refractivity contribution in [1.82, 2.24) is 4.72 Å². The highest BCUT2D eigenvalue weighted by Gasteiger charge is 2.18.